The average molecular weight is 456 g/mol. The number of hydrogen-bond acceptors (Lipinski definition) is 4. The highest BCUT2D eigenvalue weighted by Gasteiger charge is 2.35. The van der Waals surface area contributed by atoms with Crippen LogP contribution in [0.4, 0.5) is 5.69 Å². The van der Waals surface area contributed by atoms with E-state index in [1.807, 2.05) is 56.3 Å². The molecular formula is C24H29N3O4S. The smallest absolute Gasteiger partial charge is 0.227 e. The number of sulfonamides is 1. The van der Waals surface area contributed by atoms with Gasteiger partial charge < -0.3 is 10.2 Å². The van der Waals surface area contributed by atoms with Gasteiger partial charge in [0.1, 0.15) is 0 Å². The van der Waals surface area contributed by atoms with Crippen molar-refractivity contribution in [3.8, 4) is 0 Å². The van der Waals surface area contributed by atoms with Gasteiger partial charge in [-0.25, -0.2) is 8.42 Å². The van der Waals surface area contributed by atoms with E-state index in [0.717, 1.165) is 22.4 Å². The first-order valence-electron chi connectivity index (χ1n) is 10.9. The Kier molecular flexibility index (Phi) is 6.35. The zero-order valence-electron chi connectivity index (χ0n) is 18.5. The summed E-state index contributed by atoms with van der Waals surface area (Å²) in [5, 5.41) is 2.73. The number of nitrogens with one attached hydrogen (secondary N) is 1. The van der Waals surface area contributed by atoms with Crippen molar-refractivity contribution in [3.05, 3.63) is 64.7 Å². The normalized spacial score (nSPS) is 19.1. The van der Waals surface area contributed by atoms with Crippen LogP contribution in [0.5, 0.6) is 0 Å². The summed E-state index contributed by atoms with van der Waals surface area (Å²) in [6.07, 6.45) is 0.828. The minimum Gasteiger partial charge on any atom is -0.355 e. The fourth-order valence-corrected chi connectivity index (χ4v) is 5.63. The van der Waals surface area contributed by atoms with Gasteiger partial charge in [0.15, 0.2) is 0 Å². The number of amides is 2. The Hall–Kier alpha value is -2.71. The summed E-state index contributed by atoms with van der Waals surface area (Å²) in [4.78, 5) is 26.7. The largest absolute Gasteiger partial charge is 0.355 e. The van der Waals surface area contributed by atoms with Gasteiger partial charge in [0.2, 0.25) is 21.8 Å². The number of fused-ring (bicyclic) bond motifs is 1. The Morgan fingerprint density at radius 1 is 1.09 bits per heavy atom. The Balaban J connectivity index is 1.30. The second-order valence-electron chi connectivity index (χ2n) is 8.63. The van der Waals surface area contributed by atoms with E-state index in [1.54, 1.807) is 4.90 Å². The van der Waals surface area contributed by atoms with Crippen LogP contribution in [0.2, 0.25) is 0 Å². The number of carbonyl (C=O) groups excluding carboxylic acids is 2. The molecule has 1 fully saturated rings. The van der Waals surface area contributed by atoms with E-state index in [-0.39, 0.29) is 30.5 Å². The number of aryl methyl sites for hydroxylation is 2. The monoisotopic (exact) mass is 455 g/mol. The number of carbonyl (C=O) groups is 2. The first kappa shape index (κ1) is 22.5. The predicted molar refractivity (Wildman–Crippen MR) is 124 cm³/mol. The molecular weight excluding hydrogens is 426 g/mol. The van der Waals surface area contributed by atoms with Crippen LogP contribution in [0.1, 0.15) is 28.7 Å². The molecule has 2 amide bonds. The van der Waals surface area contributed by atoms with E-state index in [4.69, 9.17) is 0 Å². The van der Waals surface area contributed by atoms with Gasteiger partial charge in [-0.2, -0.15) is 4.31 Å². The van der Waals surface area contributed by atoms with E-state index in [2.05, 4.69) is 5.32 Å². The van der Waals surface area contributed by atoms with Crippen LogP contribution in [0.15, 0.2) is 42.5 Å². The standard InChI is InChI=1S/C24H29N3O4S/c1-17-7-8-22(13-18(17)2)27-16-21(14-23(27)28)24(29)25-10-12-32(30,31)26-11-9-19-5-3-4-6-20(19)15-26/h3-8,13,21H,9-12,14-16H2,1-2H3,(H,25,29)/t21-/m0/s1. The maximum Gasteiger partial charge on any atom is 0.227 e. The van der Waals surface area contributed by atoms with Crippen molar-refractivity contribution in [2.45, 2.75) is 33.2 Å². The molecule has 2 aliphatic heterocycles. The molecule has 2 aromatic rings. The van der Waals surface area contributed by atoms with Gasteiger partial charge in [-0.3, -0.25) is 9.59 Å². The topological polar surface area (TPSA) is 86.8 Å². The highest BCUT2D eigenvalue weighted by molar-refractivity contribution is 7.89. The van der Waals surface area contributed by atoms with Gasteiger partial charge in [-0.1, -0.05) is 30.3 Å². The van der Waals surface area contributed by atoms with Crippen molar-refractivity contribution in [1.82, 2.24) is 9.62 Å². The van der Waals surface area contributed by atoms with E-state index in [1.165, 1.54) is 9.87 Å². The molecule has 2 heterocycles. The molecule has 8 heteroatoms. The summed E-state index contributed by atoms with van der Waals surface area (Å²) in [6.45, 7) is 5.17. The first-order chi connectivity index (χ1) is 15.2. The second-order valence-corrected chi connectivity index (χ2v) is 10.7. The Morgan fingerprint density at radius 2 is 1.84 bits per heavy atom. The van der Waals surface area contributed by atoms with Crippen molar-refractivity contribution in [2.75, 3.05) is 30.3 Å². The van der Waals surface area contributed by atoms with Crippen LogP contribution in [0.3, 0.4) is 0 Å². The van der Waals surface area contributed by atoms with Gasteiger partial charge in [-0.05, 0) is 54.7 Å². The van der Waals surface area contributed by atoms with Gasteiger partial charge >= 0.3 is 0 Å². The van der Waals surface area contributed by atoms with Crippen LogP contribution in [0, 0.1) is 19.8 Å². The van der Waals surface area contributed by atoms with E-state index in [0.29, 0.717) is 26.1 Å². The minimum absolute atomic E-state index is 0.0354. The number of rotatable bonds is 6. The maximum atomic E-state index is 12.8. The third kappa shape index (κ3) is 4.71. The summed E-state index contributed by atoms with van der Waals surface area (Å²) in [5.41, 5.74) is 5.25. The Bertz CT molecular complexity index is 1150. The lowest BCUT2D eigenvalue weighted by Gasteiger charge is -2.28. The lowest BCUT2D eigenvalue weighted by molar-refractivity contribution is -0.126. The molecule has 1 saturated heterocycles. The number of hydrogen-bond donors (Lipinski definition) is 1. The lowest BCUT2D eigenvalue weighted by atomic mass is 10.0. The van der Waals surface area contributed by atoms with Crippen molar-refractivity contribution in [3.63, 3.8) is 0 Å². The van der Waals surface area contributed by atoms with Crippen LogP contribution < -0.4 is 10.2 Å². The van der Waals surface area contributed by atoms with Gasteiger partial charge in [0.25, 0.3) is 0 Å². The van der Waals surface area contributed by atoms with Crippen molar-refractivity contribution >= 4 is 27.5 Å². The fourth-order valence-electron chi connectivity index (χ4n) is 4.31. The van der Waals surface area contributed by atoms with E-state index < -0.39 is 15.9 Å². The van der Waals surface area contributed by atoms with Crippen LogP contribution in [-0.4, -0.2) is 49.9 Å². The maximum absolute atomic E-state index is 12.8. The SMILES string of the molecule is Cc1ccc(N2C[C@@H](C(=O)NCCS(=O)(=O)N3CCc4ccccc4C3)CC2=O)cc1C. The van der Waals surface area contributed by atoms with E-state index in [9.17, 15) is 18.0 Å². The lowest BCUT2D eigenvalue weighted by Crippen LogP contribution is -2.41. The third-order valence-corrected chi connectivity index (χ3v) is 8.26. The molecule has 0 aliphatic carbocycles. The predicted octanol–water partition coefficient (Wildman–Crippen LogP) is 2.16. The van der Waals surface area contributed by atoms with Crippen molar-refractivity contribution < 1.29 is 18.0 Å². The Labute approximate surface area is 189 Å². The van der Waals surface area contributed by atoms with Crippen molar-refractivity contribution in [1.29, 1.82) is 0 Å². The van der Waals surface area contributed by atoms with Gasteiger partial charge in [-0.15, -0.1) is 0 Å². The first-order valence-corrected chi connectivity index (χ1v) is 12.6. The summed E-state index contributed by atoms with van der Waals surface area (Å²) < 4.78 is 27.0. The minimum atomic E-state index is -3.48. The van der Waals surface area contributed by atoms with Gasteiger partial charge in [0, 0.05) is 38.3 Å². The van der Waals surface area contributed by atoms with Gasteiger partial charge in [0.05, 0.1) is 11.7 Å². The molecule has 2 aliphatic rings. The summed E-state index contributed by atoms with van der Waals surface area (Å²) >= 11 is 0. The molecule has 1 N–H and O–H groups in total. The molecule has 32 heavy (non-hydrogen) atoms. The van der Waals surface area contributed by atoms with E-state index >= 15 is 0 Å². The quantitative estimate of drug-likeness (QED) is 0.723. The molecule has 1 atom stereocenters. The number of benzene rings is 2. The molecule has 0 radical (unpaired) electrons. The zero-order chi connectivity index (χ0) is 22.9. The van der Waals surface area contributed by atoms with Crippen LogP contribution >= 0.6 is 0 Å². The molecule has 170 valence electrons. The fraction of sp³-hybridized carbons (Fsp3) is 0.417. The van der Waals surface area contributed by atoms with Crippen LogP contribution in [0.25, 0.3) is 0 Å². The zero-order valence-corrected chi connectivity index (χ0v) is 19.3. The molecule has 0 spiro atoms. The second kappa shape index (κ2) is 9.03. The summed E-state index contributed by atoms with van der Waals surface area (Å²) in [7, 11) is -3.48. The Morgan fingerprint density at radius 3 is 2.59 bits per heavy atom. The van der Waals surface area contributed by atoms with Crippen molar-refractivity contribution in [2.24, 2.45) is 5.92 Å². The highest BCUT2D eigenvalue weighted by Crippen LogP contribution is 2.27. The molecule has 7 nitrogen and oxygen atoms in total. The molecule has 0 aromatic heterocycles. The number of nitrogens with zero attached hydrogens (tertiary/aromatic N) is 2. The van der Waals surface area contributed by atoms with Crippen LogP contribution in [-0.2, 0) is 32.6 Å². The molecule has 2 aromatic carbocycles. The third-order valence-electron chi connectivity index (χ3n) is 6.45. The molecule has 0 unspecified atom stereocenters. The molecule has 4 rings (SSSR count). The summed E-state index contributed by atoms with van der Waals surface area (Å²) in [6, 6.07) is 13.7. The molecule has 0 saturated carbocycles. The number of anilines is 1. The average Bonchev–Trinajstić information content (AvgIpc) is 3.17. The molecule has 0 bridgehead atoms. The summed E-state index contributed by atoms with van der Waals surface area (Å²) in [5.74, 6) is -0.992. The highest BCUT2D eigenvalue weighted by atomic mass is 32.2.